The van der Waals surface area contributed by atoms with Crippen LogP contribution in [0.15, 0.2) is 34.9 Å². The van der Waals surface area contributed by atoms with Crippen LogP contribution in [0.3, 0.4) is 0 Å². The number of anilines is 2. The lowest BCUT2D eigenvalue weighted by Gasteiger charge is -2.11. The van der Waals surface area contributed by atoms with Crippen LogP contribution in [-0.2, 0) is 0 Å². The van der Waals surface area contributed by atoms with E-state index in [-0.39, 0.29) is 5.91 Å². The third kappa shape index (κ3) is 2.93. The first-order valence-corrected chi connectivity index (χ1v) is 6.57. The standard InChI is InChI=1S/C14H14BrN3O/c1-8-6-9(2)12(7-11(8)16)18-14(19)13-10(15)4-3-5-17-13/h3-7H,16H2,1-2H3,(H,18,19). The van der Waals surface area contributed by atoms with Gasteiger partial charge in [0.05, 0.1) is 0 Å². The molecule has 19 heavy (non-hydrogen) atoms. The molecule has 0 bridgehead atoms. The van der Waals surface area contributed by atoms with Crippen LogP contribution in [0.2, 0.25) is 0 Å². The fraction of sp³-hybridized carbons (Fsp3) is 0.143. The number of aryl methyl sites for hydroxylation is 2. The van der Waals surface area contributed by atoms with Gasteiger partial charge in [0.1, 0.15) is 5.69 Å². The highest BCUT2D eigenvalue weighted by molar-refractivity contribution is 9.10. The predicted molar refractivity (Wildman–Crippen MR) is 80.2 cm³/mol. The van der Waals surface area contributed by atoms with E-state index >= 15 is 0 Å². The fourth-order valence-corrected chi connectivity index (χ4v) is 2.17. The smallest absolute Gasteiger partial charge is 0.275 e. The quantitative estimate of drug-likeness (QED) is 0.834. The van der Waals surface area contributed by atoms with Crippen molar-refractivity contribution in [3.8, 4) is 0 Å². The van der Waals surface area contributed by atoms with Gasteiger partial charge in [-0.1, -0.05) is 6.07 Å². The molecule has 1 amide bonds. The highest BCUT2D eigenvalue weighted by Crippen LogP contribution is 2.23. The molecular formula is C14H14BrN3O. The summed E-state index contributed by atoms with van der Waals surface area (Å²) < 4.78 is 0.658. The highest BCUT2D eigenvalue weighted by atomic mass is 79.9. The Morgan fingerprint density at radius 1 is 1.32 bits per heavy atom. The summed E-state index contributed by atoms with van der Waals surface area (Å²) in [7, 11) is 0. The Kier molecular flexibility index (Phi) is 3.85. The van der Waals surface area contributed by atoms with Crippen LogP contribution in [0.4, 0.5) is 11.4 Å². The maximum absolute atomic E-state index is 12.1. The van der Waals surface area contributed by atoms with Crippen molar-refractivity contribution in [2.45, 2.75) is 13.8 Å². The normalized spacial score (nSPS) is 10.3. The largest absolute Gasteiger partial charge is 0.398 e. The highest BCUT2D eigenvalue weighted by Gasteiger charge is 2.13. The molecule has 1 heterocycles. The lowest BCUT2D eigenvalue weighted by molar-refractivity contribution is 0.102. The maximum Gasteiger partial charge on any atom is 0.275 e. The van der Waals surface area contributed by atoms with Crippen molar-refractivity contribution in [2.75, 3.05) is 11.1 Å². The summed E-state index contributed by atoms with van der Waals surface area (Å²) in [6, 6.07) is 7.24. The number of carbonyl (C=O) groups excluding carboxylic acids is 1. The molecule has 0 radical (unpaired) electrons. The Morgan fingerprint density at radius 3 is 2.74 bits per heavy atom. The summed E-state index contributed by atoms with van der Waals surface area (Å²) in [5.74, 6) is -0.265. The van der Waals surface area contributed by atoms with E-state index in [0.29, 0.717) is 21.5 Å². The van der Waals surface area contributed by atoms with Crippen LogP contribution in [0, 0.1) is 13.8 Å². The number of hydrogen-bond acceptors (Lipinski definition) is 3. The van der Waals surface area contributed by atoms with Gasteiger partial charge in [0.2, 0.25) is 0 Å². The molecule has 98 valence electrons. The third-order valence-electron chi connectivity index (χ3n) is 2.83. The second-order valence-electron chi connectivity index (χ2n) is 4.31. The summed E-state index contributed by atoms with van der Waals surface area (Å²) in [4.78, 5) is 16.2. The average Bonchev–Trinajstić information content (AvgIpc) is 2.36. The molecule has 2 rings (SSSR count). The lowest BCUT2D eigenvalue weighted by Crippen LogP contribution is -2.15. The van der Waals surface area contributed by atoms with Crippen LogP contribution in [-0.4, -0.2) is 10.9 Å². The number of aromatic nitrogens is 1. The van der Waals surface area contributed by atoms with Crippen LogP contribution in [0.5, 0.6) is 0 Å². The number of amides is 1. The average molecular weight is 320 g/mol. The zero-order chi connectivity index (χ0) is 14.0. The Morgan fingerprint density at radius 2 is 2.05 bits per heavy atom. The van der Waals surface area contributed by atoms with Gasteiger partial charge in [-0.3, -0.25) is 4.79 Å². The molecule has 0 saturated heterocycles. The SMILES string of the molecule is Cc1cc(C)c(NC(=O)c2ncccc2Br)cc1N. The molecule has 1 aromatic carbocycles. The van der Waals surface area contributed by atoms with Gasteiger partial charge in [0.25, 0.3) is 5.91 Å². The van der Waals surface area contributed by atoms with Crippen molar-refractivity contribution in [1.29, 1.82) is 0 Å². The maximum atomic E-state index is 12.1. The second kappa shape index (κ2) is 5.40. The first-order valence-electron chi connectivity index (χ1n) is 5.77. The Balaban J connectivity index is 2.30. The van der Waals surface area contributed by atoms with E-state index in [2.05, 4.69) is 26.2 Å². The Hall–Kier alpha value is -1.88. The predicted octanol–water partition coefficient (Wildman–Crippen LogP) is 3.30. The van der Waals surface area contributed by atoms with Crippen LogP contribution in [0.1, 0.15) is 21.6 Å². The number of nitrogens with one attached hydrogen (secondary N) is 1. The van der Waals surface area contributed by atoms with Gasteiger partial charge in [-0.2, -0.15) is 0 Å². The van der Waals surface area contributed by atoms with Crippen LogP contribution < -0.4 is 11.1 Å². The molecular weight excluding hydrogens is 306 g/mol. The molecule has 0 aliphatic rings. The molecule has 0 atom stereocenters. The Labute approximate surface area is 120 Å². The van der Waals surface area contributed by atoms with Crippen molar-refractivity contribution in [3.63, 3.8) is 0 Å². The topological polar surface area (TPSA) is 68.0 Å². The van der Waals surface area contributed by atoms with Gasteiger partial charge in [0, 0.05) is 22.0 Å². The number of nitrogens with two attached hydrogens (primary N) is 1. The molecule has 2 aromatic rings. The van der Waals surface area contributed by atoms with Gasteiger partial charge in [-0.25, -0.2) is 4.98 Å². The zero-order valence-corrected chi connectivity index (χ0v) is 12.3. The Bertz CT molecular complexity index is 641. The summed E-state index contributed by atoms with van der Waals surface area (Å²) in [5, 5.41) is 2.82. The van der Waals surface area contributed by atoms with E-state index in [4.69, 9.17) is 5.73 Å². The van der Waals surface area contributed by atoms with E-state index in [1.54, 1.807) is 24.4 Å². The molecule has 4 nitrogen and oxygen atoms in total. The minimum Gasteiger partial charge on any atom is -0.398 e. The zero-order valence-electron chi connectivity index (χ0n) is 10.7. The summed E-state index contributed by atoms with van der Waals surface area (Å²) >= 11 is 3.31. The minimum atomic E-state index is -0.265. The molecule has 0 aliphatic heterocycles. The summed E-state index contributed by atoms with van der Waals surface area (Å²) in [6.07, 6.45) is 1.58. The van der Waals surface area contributed by atoms with Gasteiger partial charge in [-0.15, -0.1) is 0 Å². The lowest BCUT2D eigenvalue weighted by atomic mass is 10.1. The van der Waals surface area contributed by atoms with Crippen molar-refractivity contribution in [3.05, 3.63) is 51.8 Å². The fourth-order valence-electron chi connectivity index (χ4n) is 1.74. The second-order valence-corrected chi connectivity index (χ2v) is 5.17. The molecule has 1 aromatic heterocycles. The number of carbonyl (C=O) groups is 1. The number of hydrogen-bond donors (Lipinski definition) is 2. The van der Waals surface area contributed by atoms with E-state index in [0.717, 1.165) is 11.1 Å². The number of pyridine rings is 1. The number of nitrogens with zero attached hydrogens (tertiary/aromatic N) is 1. The van der Waals surface area contributed by atoms with Crippen molar-refractivity contribution in [2.24, 2.45) is 0 Å². The first kappa shape index (κ1) is 13.5. The first-order chi connectivity index (χ1) is 8.99. The van der Waals surface area contributed by atoms with Crippen molar-refractivity contribution in [1.82, 2.24) is 4.98 Å². The van der Waals surface area contributed by atoms with E-state index in [1.165, 1.54) is 0 Å². The molecule has 0 fully saturated rings. The van der Waals surface area contributed by atoms with Gasteiger partial charge >= 0.3 is 0 Å². The van der Waals surface area contributed by atoms with E-state index in [9.17, 15) is 4.79 Å². The molecule has 0 unspecified atom stereocenters. The van der Waals surface area contributed by atoms with E-state index in [1.807, 2.05) is 19.9 Å². The monoisotopic (exact) mass is 319 g/mol. The summed E-state index contributed by atoms with van der Waals surface area (Å²) in [5.41, 5.74) is 9.52. The molecule has 3 N–H and O–H groups in total. The number of rotatable bonds is 2. The van der Waals surface area contributed by atoms with Gasteiger partial charge < -0.3 is 11.1 Å². The van der Waals surface area contributed by atoms with Gasteiger partial charge in [-0.05, 0) is 59.1 Å². The third-order valence-corrected chi connectivity index (χ3v) is 3.47. The molecule has 0 spiro atoms. The number of benzene rings is 1. The van der Waals surface area contributed by atoms with Gasteiger partial charge in [0.15, 0.2) is 0 Å². The van der Waals surface area contributed by atoms with Crippen molar-refractivity contribution < 1.29 is 4.79 Å². The molecule has 0 saturated carbocycles. The molecule has 5 heteroatoms. The van der Waals surface area contributed by atoms with Crippen molar-refractivity contribution >= 4 is 33.2 Å². The van der Waals surface area contributed by atoms with Crippen LogP contribution >= 0.6 is 15.9 Å². The minimum absolute atomic E-state index is 0.265. The van der Waals surface area contributed by atoms with E-state index < -0.39 is 0 Å². The number of nitrogen functional groups attached to an aromatic ring is 1. The molecule has 0 aliphatic carbocycles. The number of halogens is 1. The summed E-state index contributed by atoms with van der Waals surface area (Å²) in [6.45, 7) is 3.86. The van der Waals surface area contributed by atoms with Crippen LogP contribution in [0.25, 0.3) is 0 Å².